The molecule has 2 aliphatic rings. The SMILES string of the molecule is Cc1cccc(C)c1NC(=O)CN1CCN(C(=O)N2CCOCC2)CC1. The molecule has 7 heteroatoms. The number of aryl methyl sites for hydroxylation is 2. The van der Waals surface area contributed by atoms with Gasteiger partial charge >= 0.3 is 6.03 Å². The molecule has 2 aliphatic heterocycles. The summed E-state index contributed by atoms with van der Waals surface area (Å²) in [4.78, 5) is 30.7. The summed E-state index contributed by atoms with van der Waals surface area (Å²) < 4.78 is 5.30. The zero-order valence-corrected chi connectivity index (χ0v) is 15.7. The highest BCUT2D eigenvalue weighted by Crippen LogP contribution is 2.19. The van der Waals surface area contributed by atoms with Crippen LogP contribution >= 0.6 is 0 Å². The molecule has 1 N–H and O–H groups in total. The first-order valence-electron chi connectivity index (χ1n) is 9.24. The van der Waals surface area contributed by atoms with Crippen LogP contribution in [0.4, 0.5) is 10.5 Å². The zero-order valence-electron chi connectivity index (χ0n) is 15.7. The number of para-hydroxylation sites is 1. The predicted octanol–water partition coefficient (Wildman–Crippen LogP) is 1.31. The number of carbonyl (C=O) groups is 2. The third-order valence-electron chi connectivity index (χ3n) is 5.04. The van der Waals surface area contributed by atoms with Crippen LogP contribution in [0.1, 0.15) is 11.1 Å². The van der Waals surface area contributed by atoms with Gasteiger partial charge in [0.2, 0.25) is 5.91 Å². The zero-order chi connectivity index (χ0) is 18.5. The molecular formula is C19H28N4O3. The molecule has 0 saturated carbocycles. The molecule has 26 heavy (non-hydrogen) atoms. The average Bonchev–Trinajstić information content (AvgIpc) is 2.66. The van der Waals surface area contributed by atoms with Gasteiger partial charge in [-0.05, 0) is 25.0 Å². The lowest BCUT2D eigenvalue weighted by atomic mass is 10.1. The van der Waals surface area contributed by atoms with Gasteiger partial charge in [-0.3, -0.25) is 9.69 Å². The van der Waals surface area contributed by atoms with Crippen molar-refractivity contribution in [2.24, 2.45) is 0 Å². The number of urea groups is 1. The van der Waals surface area contributed by atoms with Crippen molar-refractivity contribution in [1.29, 1.82) is 0 Å². The Hall–Kier alpha value is -2.12. The van der Waals surface area contributed by atoms with Gasteiger partial charge in [0.05, 0.1) is 19.8 Å². The van der Waals surface area contributed by atoms with Gasteiger partial charge in [-0.15, -0.1) is 0 Å². The molecular weight excluding hydrogens is 332 g/mol. The van der Waals surface area contributed by atoms with Crippen LogP contribution in [0.5, 0.6) is 0 Å². The van der Waals surface area contributed by atoms with Gasteiger partial charge in [0.25, 0.3) is 0 Å². The van der Waals surface area contributed by atoms with Crippen molar-refractivity contribution in [3.63, 3.8) is 0 Å². The van der Waals surface area contributed by atoms with Gasteiger partial charge in [0, 0.05) is 45.0 Å². The van der Waals surface area contributed by atoms with Crippen LogP contribution in [-0.4, -0.2) is 85.7 Å². The number of amides is 3. The van der Waals surface area contributed by atoms with E-state index in [-0.39, 0.29) is 11.9 Å². The fourth-order valence-electron chi connectivity index (χ4n) is 3.45. The van der Waals surface area contributed by atoms with Crippen LogP contribution in [0.15, 0.2) is 18.2 Å². The second-order valence-corrected chi connectivity index (χ2v) is 6.96. The summed E-state index contributed by atoms with van der Waals surface area (Å²) >= 11 is 0. The van der Waals surface area contributed by atoms with Crippen LogP contribution in [-0.2, 0) is 9.53 Å². The largest absolute Gasteiger partial charge is 0.378 e. The molecule has 3 rings (SSSR count). The molecule has 0 atom stereocenters. The van der Waals surface area contributed by atoms with E-state index in [9.17, 15) is 9.59 Å². The van der Waals surface area contributed by atoms with Gasteiger partial charge < -0.3 is 19.9 Å². The number of rotatable bonds is 3. The average molecular weight is 360 g/mol. The Morgan fingerprint density at radius 3 is 2.15 bits per heavy atom. The lowest BCUT2D eigenvalue weighted by molar-refractivity contribution is -0.117. The summed E-state index contributed by atoms with van der Waals surface area (Å²) in [6.07, 6.45) is 0. The Morgan fingerprint density at radius 2 is 1.54 bits per heavy atom. The van der Waals surface area contributed by atoms with Crippen LogP contribution < -0.4 is 5.32 Å². The first kappa shape index (κ1) is 18.7. The van der Waals surface area contributed by atoms with Crippen molar-refractivity contribution in [2.45, 2.75) is 13.8 Å². The second-order valence-electron chi connectivity index (χ2n) is 6.96. The fourth-order valence-corrected chi connectivity index (χ4v) is 3.45. The van der Waals surface area contributed by atoms with Crippen LogP contribution in [0.2, 0.25) is 0 Å². The van der Waals surface area contributed by atoms with Crippen molar-refractivity contribution in [3.05, 3.63) is 29.3 Å². The standard InChI is InChI=1S/C19H28N4O3/c1-15-4-3-5-16(2)18(15)20-17(24)14-21-6-8-22(9-7-21)19(25)23-10-12-26-13-11-23/h3-5H,6-14H2,1-2H3,(H,20,24). The van der Waals surface area contributed by atoms with Crippen molar-refractivity contribution in [1.82, 2.24) is 14.7 Å². The third-order valence-corrected chi connectivity index (χ3v) is 5.04. The van der Waals surface area contributed by atoms with Crippen molar-refractivity contribution in [3.8, 4) is 0 Å². The van der Waals surface area contributed by atoms with E-state index in [0.717, 1.165) is 29.9 Å². The molecule has 0 unspecified atom stereocenters. The number of carbonyl (C=O) groups excluding carboxylic acids is 2. The Labute approximate surface area is 154 Å². The number of anilines is 1. The number of piperazine rings is 1. The van der Waals surface area contributed by atoms with Gasteiger partial charge in [0.1, 0.15) is 0 Å². The molecule has 0 aromatic heterocycles. The number of nitrogens with one attached hydrogen (secondary N) is 1. The molecule has 3 amide bonds. The van der Waals surface area contributed by atoms with E-state index in [1.165, 1.54) is 0 Å². The number of nitrogens with zero attached hydrogens (tertiary/aromatic N) is 3. The first-order chi connectivity index (χ1) is 12.5. The van der Waals surface area contributed by atoms with Crippen molar-refractivity contribution in [2.75, 3.05) is 64.3 Å². The minimum absolute atomic E-state index is 0.00430. The molecule has 1 aromatic carbocycles. The maximum absolute atomic E-state index is 12.5. The first-order valence-corrected chi connectivity index (χ1v) is 9.24. The van der Waals surface area contributed by atoms with E-state index in [4.69, 9.17) is 4.74 Å². The highest BCUT2D eigenvalue weighted by molar-refractivity contribution is 5.93. The highest BCUT2D eigenvalue weighted by atomic mass is 16.5. The number of ether oxygens (including phenoxy) is 1. The lowest BCUT2D eigenvalue weighted by Crippen LogP contribution is -2.55. The van der Waals surface area contributed by atoms with Crippen LogP contribution in [0.25, 0.3) is 0 Å². The highest BCUT2D eigenvalue weighted by Gasteiger charge is 2.27. The monoisotopic (exact) mass is 360 g/mol. The fraction of sp³-hybridized carbons (Fsp3) is 0.579. The molecule has 0 spiro atoms. The molecule has 142 valence electrons. The van der Waals surface area contributed by atoms with Crippen molar-refractivity contribution >= 4 is 17.6 Å². The maximum atomic E-state index is 12.5. The number of benzene rings is 1. The van der Waals surface area contributed by atoms with Gasteiger partial charge in [-0.25, -0.2) is 4.79 Å². The summed E-state index contributed by atoms with van der Waals surface area (Å²) in [5.41, 5.74) is 3.04. The third kappa shape index (κ3) is 4.53. The normalized spacial score (nSPS) is 18.7. The number of hydrogen-bond acceptors (Lipinski definition) is 4. The molecule has 2 fully saturated rings. The van der Waals surface area contributed by atoms with E-state index in [1.807, 2.05) is 41.8 Å². The Bertz CT molecular complexity index is 630. The summed E-state index contributed by atoms with van der Waals surface area (Å²) in [5.74, 6) is -0.00430. The molecule has 0 bridgehead atoms. The maximum Gasteiger partial charge on any atom is 0.320 e. The minimum atomic E-state index is -0.00430. The topological polar surface area (TPSA) is 65.1 Å². The number of hydrogen-bond donors (Lipinski definition) is 1. The van der Waals surface area contributed by atoms with E-state index < -0.39 is 0 Å². The predicted molar refractivity (Wildman–Crippen MR) is 100 cm³/mol. The quantitative estimate of drug-likeness (QED) is 0.883. The summed E-state index contributed by atoms with van der Waals surface area (Å²) in [5, 5.41) is 3.03. The van der Waals surface area contributed by atoms with E-state index in [2.05, 4.69) is 10.2 Å². The van der Waals surface area contributed by atoms with Crippen LogP contribution in [0, 0.1) is 13.8 Å². The Balaban J connectivity index is 1.46. The summed E-state index contributed by atoms with van der Waals surface area (Å²) in [6, 6.07) is 6.08. The smallest absolute Gasteiger partial charge is 0.320 e. The molecule has 2 heterocycles. The van der Waals surface area contributed by atoms with E-state index in [1.54, 1.807) is 0 Å². The summed E-state index contributed by atoms with van der Waals surface area (Å²) in [7, 11) is 0. The lowest BCUT2D eigenvalue weighted by Gasteiger charge is -2.38. The molecule has 0 aliphatic carbocycles. The van der Waals surface area contributed by atoms with Gasteiger partial charge in [-0.1, -0.05) is 18.2 Å². The van der Waals surface area contributed by atoms with Crippen LogP contribution in [0.3, 0.4) is 0 Å². The summed E-state index contributed by atoms with van der Waals surface area (Å²) in [6.45, 7) is 9.67. The molecule has 1 aromatic rings. The molecule has 0 radical (unpaired) electrons. The Morgan fingerprint density at radius 1 is 0.962 bits per heavy atom. The molecule has 7 nitrogen and oxygen atoms in total. The minimum Gasteiger partial charge on any atom is -0.378 e. The van der Waals surface area contributed by atoms with Gasteiger partial charge in [-0.2, -0.15) is 0 Å². The second kappa shape index (κ2) is 8.51. The van der Waals surface area contributed by atoms with Crippen molar-refractivity contribution < 1.29 is 14.3 Å². The Kier molecular flexibility index (Phi) is 6.11. The van der Waals surface area contributed by atoms with E-state index in [0.29, 0.717) is 45.9 Å². The molecule has 2 saturated heterocycles. The number of morpholine rings is 1. The van der Waals surface area contributed by atoms with E-state index >= 15 is 0 Å². The van der Waals surface area contributed by atoms with Gasteiger partial charge in [0.15, 0.2) is 0 Å².